The van der Waals surface area contributed by atoms with E-state index in [2.05, 4.69) is 21.2 Å². The summed E-state index contributed by atoms with van der Waals surface area (Å²) in [6.45, 7) is 1.94. The summed E-state index contributed by atoms with van der Waals surface area (Å²) >= 11 is 3.45. The minimum absolute atomic E-state index is 0.0388. The number of carbonyl (C=O) groups excluding carboxylic acids is 1. The molecule has 2 rings (SSSR count). The van der Waals surface area contributed by atoms with Gasteiger partial charge in [0.1, 0.15) is 0 Å². The molecule has 5 heteroatoms. The molecule has 0 saturated heterocycles. The van der Waals surface area contributed by atoms with Crippen LogP contribution in [0, 0.1) is 11.6 Å². The molecule has 2 aromatic carbocycles. The van der Waals surface area contributed by atoms with Crippen molar-refractivity contribution >= 4 is 27.5 Å². The second-order valence-electron chi connectivity index (χ2n) is 4.64. The quantitative estimate of drug-likeness (QED) is 0.799. The Bertz CT molecular complexity index is 658. The van der Waals surface area contributed by atoms with Crippen molar-refractivity contribution in [1.29, 1.82) is 0 Å². The average molecular weight is 354 g/mol. The number of nitrogens with one attached hydrogen (secondary N) is 1. The lowest BCUT2D eigenvalue weighted by atomic mass is 10.1. The molecule has 1 unspecified atom stereocenters. The minimum Gasteiger partial charge on any atom is -0.326 e. The molecule has 0 radical (unpaired) electrons. The highest BCUT2D eigenvalue weighted by Crippen LogP contribution is 2.28. The third-order valence-corrected chi connectivity index (χ3v) is 3.54. The summed E-state index contributed by atoms with van der Waals surface area (Å²) in [5.74, 6) is -2.32. The Morgan fingerprint density at radius 2 is 1.90 bits per heavy atom. The van der Waals surface area contributed by atoms with Crippen molar-refractivity contribution in [3.63, 3.8) is 0 Å². The Morgan fingerprint density at radius 3 is 2.62 bits per heavy atom. The number of anilines is 1. The van der Waals surface area contributed by atoms with Crippen molar-refractivity contribution in [3.05, 3.63) is 65.2 Å². The lowest BCUT2D eigenvalue weighted by Crippen LogP contribution is -2.16. The average Bonchev–Trinajstić information content (AvgIpc) is 2.44. The van der Waals surface area contributed by atoms with E-state index >= 15 is 0 Å². The van der Waals surface area contributed by atoms with Crippen LogP contribution in [0.15, 0.2) is 42.5 Å². The van der Waals surface area contributed by atoms with Gasteiger partial charge >= 0.3 is 0 Å². The Kier molecular flexibility index (Phi) is 5.07. The van der Waals surface area contributed by atoms with Crippen LogP contribution in [0.4, 0.5) is 14.5 Å². The predicted octanol–water partition coefficient (Wildman–Crippen LogP) is 4.60. The first-order chi connectivity index (χ1) is 9.99. The molecule has 110 valence electrons. The Balaban J connectivity index is 2.14. The molecule has 1 N–H and O–H groups in total. The maximum absolute atomic E-state index is 13.5. The first-order valence-electron chi connectivity index (χ1n) is 6.44. The fourth-order valence-corrected chi connectivity index (χ4v) is 2.41. The SMILES string of the molecule is CC(Br)c1ccccc1NC(=O)Cc1cccc(F)c1F. The number of hydrogen-bond donors (Lipinski definition) is 1. The van der Waals surface area contributed by atoms with Crippen molar-refractivity contribution < 1.29 is 13.6 Å². The maximum atomic E-state index is 13.5. The predicted molar refractivity (Wildman–Crippen MR) is 82.5 cm³/mol. The zero-order chi connectivity index (χ0) is 15.4. The maximum Gasteiger partial charge on any atom is 0.228 e. The molecule has 0 heterocycles. The summed E-state index contributed by atoms with van der Waals surface area (Å²) < 4.78 is 26.7. The number of amides is 1. The molecular formula is C16H14BrF2NO. The third-order valence-electron chi connectivity index (χ3n) is 3.05. The smallest absolute Gasteiger partial charge is 0.228 e. The topological polar surface area (TPSA) is 29.1 Å². The molecule has 0 aliphatic heterocycles. The van der Waals surface area contributed by atoms with Gasteiger partial charge in [0, 0.05) is 16.1 Å². The zero-order valence-corrected chi connectivity index (χ0v) is 13.0. The molecule has 21 heavy (non-hydrogen) atoms. The largest absolute Gasteiger partial charge is 0.326 e. The van der Waals surface area contributed by atoms with Gasteiger partial charge in [-0.2, -0.15) is 0 Å². The number of para-hydroxylation sites is 1. The summed E-state index contributed by atoms with van der Waals surface area (Å²) in [6.07, 6.45) is -0.214. The number of halogens is 3. The van der Waals surface area contributed by atoms with Crippen LogP contribution in [0.3, 0.4) is 0 Å². The van der Waals surface area contributed by atoms with Gasteiger partial charge < -0.3 is 5.32 Å². The van der Waals surface area contributed by atoms with E-state index in [1.165, 1.54) is 12.1 Å². The normalized spacial score (nSPS) is 12.0. The fourth-order valence-electron chi connectivity index (χ4n) is 2.01. The van der Waals surface area contributed by atoms with Gasteiger partial charge in [0.05, 0.1) is 6.42 Å². The molecule has 0 saturated carbocycles. The van der Waals surface area contributed by atoms with Crippen LogP contribution >= 0.6 is 15.9 Å². The lowest BCUT2D eigenvalue weighted by molar-refractivity contribution is -0.115. The highest BCUT2D eigenvalue weighted by Gasteiger charge is 2.14. The molecule has 0 aromatic heterocycles. The van der Waals surface area contributed by atoms with Crippen LogP contribution in [0.25, 0.3) is 0 Å². The third kappa shape index (κ3) is 3.88. The summed E-state index contributed by atoms with van der Waals surface area (Å²) in [4.78, 5) is 12.1. The van der Waals surface area contributed by atoms with E-state index in [4.69, 9.17) is 0 Å². The molecule has 2 aromatic rings. The van der Waals surface area contributed by atoms with Gasteiger partial charge in [-0.25, -0.2) is 8.78 Å². The lowest BCUT2D eigenvalue weighted by Gasteiger charge is -2.13. The van der Waals surface area contributed by atoms with Crippen molar-refractivity contribution in [2.75, 3.05) is 5.32 Å². The number of rotatable bonds is 4. The van der Waals surface area contributed by atoms with Gasteiger partial charge in [0.2, 0.25) is 5.91 Å². The zero-order valence-electron chi connectivity index (χ0n) is 11.4. The number of alkyl halides is 1. The van der Waals surface area contributed by atoms with E-state index in [1.807, 2.05) is 19.1 Å². The molecule has 0 spiro atoms. The molecular weight excluding hydrogens is 340 g/mol. The summed E-state index contributed by atoms with van der Waals surface area (Å²) in [5.41, 5.74) is 1.62. The molecule has 2 nitrogen and oxygen atoms in total. The minimum atomic E-state index is -0.977. The molecule has 0 aliphatic rings. The van der Waals surface area contributed by atoms with Gasteiger partial charge in [-0.3, -0.25) is 4.79 Å². The first-order valence-corrected chi connectivity index (χ1v) is 7.36. The molecule has 0 aliphatic carbocycles. The molecule has 0 fully saturated rings. The highest BCUT2D eigenvalue weighted by atomic mass is 79.9. The summed E-state index contributed by atoms with van der Waals surface area (Å²) in [6, 6.07) is 11.1. The number of benzene rings is 2. The molecule has 1 amide bonds. The molecule has 1 atom stereocenters. The van der Waals surface area contributed by atoms with E-state index in [0.717, 1.165) is 11.6 Å². The Hall–Kier alpha value is -1.75. The van der Waals surface area contributed by atoms with Crippen LogP contribution in [-0.2, 0) is 11.2 Å². The van der Waals surface area contributed by atoms with Crippen LogP contribution < -0.4 is 5.32 Å². The van der Waals surface area contributed by atoms with E-state index in [-0.39, 0.29) is 22.7 Å². The van der Waals surface area contributed by atoms with E-state index in [1.54, 1.807) is 12.1 Å². The Labute approximate surface area is 130 Å². The van der Waals surface area contributed by atoms with Crippen LogP contribution in [-0.4, -0.2) is 5.91 Å². The van der Waals surface area contributed by atoms with Crippen LogP contribution in [0.2, 0.25) is 0 Å². The summed E-state index contributed by atoms with van der Waals surface area (Å²) in [7, 11) is 0. The molecule has 0 bridgehead atoms. The number of carbonyl (C=O) groups is 1. The van der Waals surface area contributed by atoms with Gasteiger partial charge in [-0.1, -0.05) is 46.3 Å². The van der Waals surface area contributed by atoms with Gasteiger partial charge in [-0.15, -0.1) is 0 Å². The first kappa shape index (κ1) is 15.6. The van der Waals surface area contributed by atoms with Crippen molar-refractivity contribution in [2.45, 2.75) is 18.2 Å². The standard InChI is InChI=1S/C16H14BrF2NO/c1-10(17)12-6-2-3-8-14(12)20-15(21)9-11-5-4-7-13(18)16(11)19/h2-8,10H,9H2,1H3,(H,20,21). The monoisotopic (exact) mass is 353 g/mol. The van der Waals surface area contributed by atoms with Gasteiger partial charge in [0.15, 0.2) is 11.6 Å². The highest BCUT2D eigenvalue weighted by molar-refractivity contribution is 9.09. The van der Waals surface area contributed by atoms with Crippen LogP contribution in [0.1, 0.15) is 22.9 Å². The summed E-state index contributed by atoms with van der Waals surface area (Å²) in [5, 5.41) is 2.73. The van der Waals surface area contributed by atoms with Crippen molar-refractivity contribution in [1.82, 2.24) is 0 Å². The second kappa shape index (κ2) is 6.80. The fraction of sp³-hybridized carbons (Fsp3) is 0.188. The van der Waals surface area contributed by atoms with E-state index in [0.29, 0.717) is 5.69 Å². The van der Waals surface area contributed by atoms with E-state index < -0.39 is 11.6 Å². The van der Waals surface area contributed by atoms with Crippen molar-refractivity contribution in [3.8, 4) is 0 Å². The second-order valence-corrected chi connectivity index (χ2v) is 6.01. The van der Waals surface area contributed by atoms with Crippen LogP contribution in [0.5, 0.6) is 0 Å². The van der Waals surface area contributed by atoms with Crippen molar-refractivity contribution in [2.24, 2.45) is 0 Å². The van der Waals surface area contributed by atoms with Gasteiger partial charge in [0.25, 0.3) is 0 Å². The Morgan fingerprint density at radius 1 is 1.19 bits per heavy atom. The van der Waals surface area contributed by atoms with E-state index in [9.17, 15) is 13.6 Å². The number of hydrogen-bond acceptors (Lipinski definition) is 1. The van der Waals surface area contributed by atoms with Gasteiger partial charge in [-0.05, 0) is 24.6 Å².